The lowest BCUT2D eigenvalue weighted by atomic mass is 10.1. The number of rotatable bonds is 4. The first kappa shape index (κ1) is 14.7. The van der Waals surface area contributed by atoms with Crippen LogP contribution >= 0.6 is 12.4 Å². The number of carbonyl (C=O) groups is 1. The normalized spacial score (nSPS) is 9.75. The van der Waals surface area contributed by atoms with E-state index in [0.717, 1.165) is 12.1 Å². The number of halogens is 1. The summed E-state index contributed by atoms with van der Waals surface area (Å²) in [5, 5.41) is 8.88. The number of nitrogens with zero attached hydrogens (tertiary/aromatic N) is 1. The van der Waals surface area contributed by atoms with Gasteiger partial charge in [-0.2, -0.15) is 0 Å². The van der Waals surface area contributed by atoms with Gasteiger partial charge in [-0.1, -0.05) is 13.8 Å². The smallest absolute Gasteiger partial charge is 0.335 e. The lowest BCUT2D eigenvalue weighted by molar-refractivity contribution is 0.0696. The quantitative estimate of drug-likeness (QED) is 0.885. The van der Waals surface area contributed by atoms with Gasteiger partial charge in [-0.25, -0.2) is 9.78 Å². The van der Waals surface area contributed by atoms with Crippen LogP contribution in [-0.2, 0) is 6.42 Å². The van der Waals surface area contributed by atoms with Crippen molar-refractivity contribution in [2.75, 3.05) is 7.11 Å². The van der Waals surface area contributed by atoms with Crippen LogP contribution in [0.4, 0.5) is 0 Å². The van der Waals surface area contributed by atoms with E-state index in [0.29, 0.717) is 11.8 Å². The molecule has 1 N–H and O–H groups in total. The number of hydrogen-bond acceptors (Lipinski definition) is 3. The van der Waals surface area contributed by atoms with Gasteiger partial charge in [0.2, 0.25) is 5.88 Å². The van der Waals surface area contributed by atoms with E-state index >= 15 is 0 Å². The zero-order valence-electron chi connectivity index (χ0n) is 9.56. The van der Waals surface area contributed by atoms with E-state index in [9.17, 15) is 4.79 Å². The molecule has 0 aromatic carbocycles. The summed E-state index contributed by atoms with van der Waals surface area (Å²) in [6.45, 7) is 4.11. The zero-order chi connectivity index (χ0) is 11.4. The lowest BCUT2D eigenvalue weighted by Crippen LogP contribution is -2.04. The topological polar surface area (TPSA) is 59.4 Å². The molecule has 0 aliphatic heterocycles. The third kappa shape index (κ3) is 4.06. The Morgan fingerprint density at radius 3 is 2.56 bits per heavy atom. The summed E-state index contributed by atoms with van der Waals surface area (Å²) in [7, 11) is 1.48. The summed E-state index contributed by atoms with van der Waals surface area (Å²) in [5.74, 6) is -0.169. The van der Waals surface area contributed by atoms with Crippen LogP contribution in [0.5, 0.6) is 5.88 Å². The molecule has 16 heavy (non-hydrogen) atoms. The van der Waals surface area contributed by atoms with Crippen molar-refractivity contribution in [3.8, 4) is 5.88 Å². The summed E-state index contributed by atoms with van der Waals surface area (Å²) < 4.78 is 4.95. The summed E-state index contributed by atoms with van der Waals surface area (Å²) >= 11 is 0. The van der Waals surface area contributed by atoms with Gasteiger partial charge >= 0.3 is 5.97 Å². The molecule has 0 unspecified atom stereocenters. The average Bonchev–Trinajstić information content (AvgIpc) is 2.16. The molecule has 0 radical (unpaired) electrons. The van der Waals surface area contributed by atoms with Crippen molar-refractivity contribution in [3.63, 3.8) is 0 Å². The summed E-state index contributed by atoms with van der Waals surface area (Å²) in [6, 6.07) is 3.01. The Balaban J connectivity index is 0.00000225. The van der Waals surface area contributed by atoms with Gasteiger partial charge in [-0.15, -0.1) is 12.4 Å². The van der Waals surface area contributed by atoms with Gasteiger partial charge in [-0.05, 0) is 18.4 Å². The van der Waals surface area contributed by atoms with Crippen molar-refractivity contribution in [1.29, 1.82) is 0 Å². The average molecular weight is 246 g/mol. The minimum atomic E-state index is -0.958. The van der Waals surface area contributed by atoms with E-state index in [1.807, 2.05) is 0 Å². The fraction of sp³-hybridized carbons (Fsp3) is 0.455. The highest BCUT2D eigenvalue weighted by molar-refractivity contribution is 5.88. The molecule has 0 spiro atoms. The van der Waals surface area contributed by atoms with Gasteiger partial charge in [0.15, 0.2) is 0 Å². The zero-order valence-corrected chi connectivity index (χ0v) is 10.4. The van der Waals surface area contributed by atoms with Crippen LogP contribution < -0.4 is 4.74 Å². The molecule has 1 heterocycles. The molecule has 5 heteroatoms. The number of hydrogen-bond donors (Lipinski definition) is 1. The molecular formula is C11H16ClNO3. The predicted molar refractivity (Wildman–Crippen MR) is 63.5 cm³/mol. The van der Waals surface area contributed by atoms with Crippen LogP contribution in [0.15, 0.2) is 12.1 Å². The van der Waals surface area contributed by atoms with Crippen molar-refractivity contribution >= 4 is 18.4 Å². The van der Waals surface area contributed by atoms with E-state index in [4.69, 9.17) is 9.84 Å². The number of carboxylic acids is 1. The van der Waals surface area contributed by atoms with Crippen molar-refractivity contribution in [2.24, 2.45) is 5.92 Å². The second-order valence-electron chi connectivity index (χ2n) is 3.79. The van der Waals surface area contributed by atoms with Gasteiger partial charge in [-0.3, -0.25) is 0 Å². The lowest BCUT2D eigenvalue weighted by Gasteiger charge is -2.07. The maximum atomic E-state index is 10.8. The molecule has 4 nitrogen and oxygen atoms in total. The molecule has 0 amide bonds. The third-order valence-electron chi connectivity index (χ3n) is 1.93. The van der Waals surface area contributed by atoms with Crippen molar-refractivity contribution in [2.45, 2.75) is 20.3 Å². The molecular weight excluding hydrogens is 230 g/mol. The molecule has 0 saturated carbocycles. The minimum absolute atomic E-state index is 0. The Morgan fingerprint density at radius 1 is 1.50 bits per heavy atom. The van der Waals surface area contributed by atoms with Crippen molar-refractivity contribution < 1.29 is 14.6 Å². The van der Waals surface area contributed by atoms with Gasteiger partial charge in [0.1, 0.15) is 0 Å². The standard InChI is InChI=1S/C11H15NO3.ClH/c1-7(2)4-9-5-8(11(13)14)6-10(12-9)15-3;/h5-7H,4H2,1-3H3,(H,13,14);1H. The van der Waals surface area contributed by atoms with Crippen LogP contribution in [0, 0.1) is 5.92 Å². The van der Waals surface area contributed by atoms with Crippen molar-refractivity contribution in [3.05, 3.63) is 23.4 Å². The second kappa shape index (κ2) is 6.33. The second-order valence-corrected chi connectivity index (χ2v) is 3.79. The van der Waals surface area contributed by atoms with E-state index in [2.05, 4.69) is 18.8 Å². The molecule has 0 aliphatic carbocycles. The molecule has 90 valence electrons. The molecule has 0 fully saturated rings. The fourth-order valence-corrected chi connectivity index (χ4v) is 1.31. The van der Waals surface area contributed by atoms with Crippen LogP contribution in [0.25, 0.3) is 0 Å². The number of ether oxygens (including phenoxy) is 1. The first-order valence-electron chi connectivity index (χ1n) is 4.81. The molecule has 0 atom stereocenters. The SMILES string of the molecule is COc1cc(C(=O)O)cc(CC(C)C)n1.Cl. The van der Waals surface area contributed by atoms with Crippen molar-refractivity contribution in [1.82, 2.24) is 4.98 Å². The number of pyridine rings is 1. The number of methoxy groups -OCH3 is 1. The van der Waals surface area contributed by atoms with Crippen LogP contribution in [0.3, 0.4) is 0 Å². The molecule has 1 rings (SSSR count). The molecule has 1 aromatic heterocycles. The van der Waals surface area contributed by atoms with E-state index in [1.54, 1.807) is 6.07 Å². The summed E-state index contributed by atoms with van der Waals surface area (Å²) in [5.41, 5.74) is 0.972. The summed E-state index contributed by atoms with van der Waals surface area (Å²) in [4.78, 5) is 15.0. The maximum absolute atomic E-state index is 10.8. The Labute approximate surface area is 101 Å². The first-order valence-corrected chi connectivity index (χ1v) is 4.81. The Bertz CT molecular complexity index is 366. The van der Waals surface area contributed by atoms with Crippen LogP contribution in [-0.4, -0.2) is 23.2 Å². The highest BCUT2D eigenvalue weighted by Crippen LogP contribution is 2.15. The molecule has 0 bridgehead atoms. The number of aromatic carboxylic acids is 1. The van der Waals surface area contributed by atoms with E-state index < -0.39 is 5.97 Å². The predicted octanol–water partition coefficient (Wildman–Crippen LogP) is 2.41. The largest absolute Gasteiger partial charge is 0.481 e. The Hall–Kier alpha value is -1.29. The molecule has 1 aromatic rings. The summed E-state index contributed by atoms with van der Waals surface area (Å²) in [6.07, 6.45) is 0.747. The Morgan fingerprint density at radius 2 is 2.12 bits per heavy atom. The third-order valence-corrected chi connectivity index (χ3v) is 1.93. The fourth-order valence-electron chi connectivity index (χ4n) is 1.31. The molecule has 0 saturated heterocycles. The molecule has 0 aliphatic rings. The van der Waals surface area contributed by atoms with E-state index in [-0.39, 0.29) is 18.0 Å². The van der Waals surface area contributed by atoms with Gasteiger partial charge in [0.05, 0.1) is 12.7 Å². The van der Waals surface area contributed by atoms with Crippen LogP contribution in [0.1, 0.15) is 29.9 Å². The van der Waals surface area contributed by atoms with Gasteiger partial charge < -0.3 is 9.84 Å². The highest BCUT2D eigenvalue weighted by Gasteiger charge is 2.09. The highest BCUT2D eigenvalue weighted by atomic mass is 35.5. The number of carboxylic acid groups (broad SMARTS) is 1. The monoisotopic (exact) mass is 245 g/mol. The number of aromatic nitrogens is 1. The van der Waals surface area contributed by atoms with E-state index in [1.165, 1.54) is 13.2 Å². The van der Waals surface area contributed by atoms with Crippen LogP contribution in [0.2, 0.25) is 0 Å². The first-order chi connectivity index (χ1) is 7.02. The minimum Gasteiger partial charge on any atom is -0.481 e. The maximum Gasteiger partial charge on any atom is 0.335 e. The Kier molecular flexibility index (Phi) is 5.82. The van der Waals surface area contributed by atoms with Gasteiger partial charge in [0.25, 0.3) is 0 Å². The van der Waals surface area contributed by atoms with Gasteiger partial charge in [0, 0.05) is 11.8 Å².